The monoisotopic (exact) mass is 362 g/mol. The summed E-state index contributed by atoms with van der Waals surface area (Å²) in [6, 6.07) is 18.7. The Kier molecular flexibility index (Phi) is 4.73. The highest BCUT2D eigenvalue weighted by Crippen LogP contribution is 2.39. The van der Waals surface area contributed by atoms with Gasteiger partial charge in [-0.3, -0.25) is 9.59 Å². The fourth-order valence-corrected chi connectivity index (χ4v) is 4.21. The Bertz CT molecular complexity index is 844. The SMILES string of the molecule is CNC(=O)[C@@]1(Cc2cccc(-c3ccccc3)c2)CCN(C(=O)C2CC2)C1. The van der Waals surface area contributed by atoms with E-state index >= 15 is 0 Å². The molecule has 0 bridgehead atoms. The van der Waals surface area contributed by atoms with Crippen molar-refractivity contribution in [1.82, 2.24) is 10.2 Å². The summed E-state index contributed by atoms with van der Waals surface area (Å²) in [6.45, 7) is 1.21. The topological polar surface area (TPSA) is 49.4 Å². The van der Waals surface area contributed by atoms with Gasteiger partial charge in [0.1, 0.15) is 0 Å². The molecule has 1 atom stereocenters. The van der Waals surface area contributed by atoms with Gasteiger partial charge in [0.05, 0.1) is 5.41 Å². The summed E-state index contributed by atoms with van der Waals surface area (Å²) in [7, 11) is 1.69. The average molecular weight is 362 g/mol. The molecule has 2 amide bonds. The molecule has 1 saturated carbocycles. The smallest absolute Gasteiger partial charge is 0.228 e. The Balaban J connectivity index is 1.58. The number of nitrogens with zero attached hydrogens (tertiary/aromatic N) is 1. The second kappa shape index (κ2) is 7.18. The van der Waals surface area contributed by atoms with Crippen molar-refractivity contribution >= 4 is 11.8 Å². The number of nitrogens with one attached hydrogen (secondary N) is 1. The van der Waals surface area contributed by atoms with Crippen LogP contribution in [0.3, 0.4) is 0 Å². The molecule has 1 heterocycles. The first-order valence-electron chi connectivity index (χ1n) is 9.77. The van der Waals surface area contributed by atoms with E-state index in [9.17, 15) is 9.59 Å². The van der Waals surface area contributed by atoms with E-state index in [1.807, 2.05) is 23.1 Å². The van der Waals surface area contributed by atoms with Crippen LogP contribution >= 0.6 is 0 Å². The maximum absolute atomic E-state index is 12.8. The molecule has 1 saturated heterocycles. The van der Waals surface area contributed by atoms with Gasteiger partial charge in [-0.1, -0.05) is 54.6 Å². The Morgan fingerprint density at radius 1 is 1.07 bits per heavy atom. The van der Waals surface area contributed by atoms with E-state index in [0.29, 0.717) is 19.5 Å². The van der Waals surface area contributed by atoms with Gasteiger partial charge in [0.15, 0.2) is 0 Å². The van der Waals surface area contributed by atoms with E-state index in [1.54, 1.807) is 7.05 Å². The maximum atomic E-state index is 12.8. The van der Waals surface area contributed by atoms with E-state index in [4.69, 9.17) is 0 Å². The van der Waals surface area contributed by atoms with Crippen LogP contribution in [-0.2, 0) is 16.0 Å². The molecule has 2 fully saturated rings. The molecule has 1 aliphatic heterocycles. The van der Waals surface area contributed by atoms with Gasteiger partial charge < -0.3 is 10.2 Å². The lowest BCUT2D eigenvalue weighted by molar-refractivity contribution is -0.133. The highest BCUT2D eigenvalue weighted by atomic mass is 16.2. The van der Waals surface area contributed by atoms with Crippen LogP contribution in [-0.4, -0.2) is 36.9 Å². The van der Waals surface area contributed by atoms with Gasteiger partial charge in [-0.25, -0.2) is 0 Å². The van der Waals surface area contributed by atoms with Gasteiger partial charge in [-0.05, 0) is 42.4 Å². The number of amides is 2. The van der Waals surface area contributed by atoms with Gasteiger partial charge in [-0.15, -0.1) is 0 Å². The molecular weight excluding hydrogens is 336 g/mol. The molecule has 4 heteroatoms. The molecule has 0 aromatic heterocycles. The lowest BCUT2D eigenvalue weighted by Crippen LogP contribution is -2.44. The minimum Gasteiger partial charge on any atom is -0.359 e. The molecule has 4 nitrogen and oxygen atoms in total. The van der Waals surface area contributed by atoms with Gasteiger partial charge in [0.2, 0.25) is 11.8 Å². The second-order valence-corrected chi connectivity index (χ2v) is 7.89. The molecule has 0 unspecified atom stereocenters. The molecule has 2 aromatic carbocycles. The van der Waals surface area contributed by atoms with Crippen molar-refractivity contribution in [3.05, 3.63) is 60.2 Å². The van der Waals surface area contributed by atoms with Gasteiger partial charge in [0, 0.05) is 26.1 Å². The van der Waals surface area contributed by atoms with Crippen LogP contribution in [0.2, 0.25) is 0 Å². The van der Waals surface area contributed by atoms with Crippen molar-refractivity contribution < 1.29 is 9.59 Å². The summed E-state index contributed by atoms with van der Waals surface area (Å²) in [4.78, 5) is 27.2. The second-order valence-electron chi connectivity index (χ2n) is 7.89. The van der Waals surface area contributed by atoms with Crippen molar-refractivity contribution in [2.45, 2.75) is 25.7 Å². The van der Waals surface area contributed by atoms with Crippen LogP contribution in [0, 0.1) is 11.3 Å². The Labute approximate surface area is 160 Å². The van der Waals surface area contributed by atoms with Crippen LogP contribution in [0.5, 0.6) is 0 Å². The fraction of sp³-hybridized carbons (Fsp3) is 0.391. The van der Waals surface area contributed by atoms with Crippen molar-refractivity contribution in [3.8, 4) is 11.1 Å². The maximum Gasteiger partial charge on any atom is 0.228 e. The quantitative estimate of drug-likeness (QED) is 0.887. The number of benzene rings is 2. The van der Waals surface area contributed by atoms with Gasteiger partial charge in [0.25, 0.3) is 0 Å². The molecule has 0 spiro atoms. The summed E-state index contributed by atoms with van der Waals surface area (Å²) < 4.78 is 0. The number of carbonyl (C=O) groups excluding carboxylic acids is 2. The van der Waals surface area contributed by atoms with Crippen molar-refractivity contribution in [2.24, 2.45) is 11.3 Å². The van der Waals surface area contributed by atoms with Crippen molar-refractivity contribution in [2.75, 3.05) is 20.1 Å². The first-order valence-corrected chi connectivity index (χ1v) is 9.77. The molecule has 2 aliphatic rings. The van der Waals surface area contributed by atoms with Gasteiger partial charge >= 0.3 is 0 Å². The summed E-state index contributed by atoms with van der Waals surface area (Å²) >= 11 is 0. The molecule has 4 rings (SSSR count). The Hall–Kier alpha value is -2.62. The largest absolute Gasteiger partial charge is 0.359 e. The zero-order valence-corrected chi connectivity index (χ0v) is 15.8. The van der Waals surface area contributed by atoms with Crippen LogP contribution in [0.25, 0.3) is 11.1 Å². The summed E-state index contributed by atoms with van der Waals surface area (Å²) in [5.41, 5.74) is 2.93. The minimum atomic E-state index is -0.533. The van der Waals surface area contributed by atoms with Gasteiger partial charge in [-0.2, -0.15) is 0 Å². The van der Waals surface area contributed by atoms with E-state index < -0.39 is 5.41 Å². The standard InChI is InChI=1S/C23H26N2O2/c1-24-22(27)23(12-13-25(16-23)21(26)19-10-11-19)15-17-6-5-9-20(14-17)18-7-3-2-4-8-18/h2-9,14,19H,10-13,15-16H2,1H3,(H,24,27)/t23-/m1/s1. The number of likely N-dealkylation sites (tertiary alicyclic amines) is 1. The number of rotatable bonds is 5. The molecule has 27 heavy (non-hydrogen) atoms. The number of hydrogen-bond donors (Lipinski definition) is 1. The zero-order chi connectivity index (χ0) is 18.9. The predicted molar refractivity (Wildman–Crippen MR) is 106 cm³/mol. The minimum absolute atomic E-state index is 0.0405. The summed E-state index contributed by atoms with van der Waals surface area (Å²) in [6.07, 6.45) is 3.38. The van der Waals surface area contributed by atoms with Crippen LogP contribution in [0.15, 0.2) is 54.6 Å². The zero-order valence-electron chi connectivity index (χ0n) is 15.8. The highest BCUT2D eigenvalue weighted by molar-refractivity contribution is 5.86. The first kappa shape index (κ1) is 17.8. The molecule has 2 aromatic rings. The molecule has 1 N–H and O–H groups in total. The normalized spacial score (nSPS) is 21.9. The van der Waals surface area contributed by atoms with Crippen LogP contribution in [0.1, 0.15) is 24.8 Å². The summed E-state index contributed by atoms with van der Waals surface area (Å²) in [5, 5.41) is 2.84. The van der Waals surface area contributed by atoms with E-state index in [-0.39, 0.29) is 17.7 Å². The first-order chi connectivity index (χ1) is 13.1. The van der Waals surface area contributed by atoms with Crippen molar-refractivity contribution in [1.29, 1.82) is 0 Å². The van der Waals surface area contributed by atoms with Crippen LogP contribution < -0.4 is 5.32 Å². The molecule has 1 aliphatic carbocycles. The number of hydrogen-bond acceptors (Lipinski definition) is 2. The molecule has 140 valence electrons. The Morgan fingerprint density at radius 3 is 2.52 bits per heavy atom. The van der Waals surface area contributed by atoms with E-state index in [0.717, 1.165) is 30.4 Å². The summed E-state index contributed by atoms with van der Waals surface area (Å²) in [5.74, 6) is 0.476. The molecular formula is C23H26N2O2. The third-order valence-corrected chi connectivity index (χ3v) is 5.88. The predicted octanol–water partition coefficient (Wildman–Crippen LogP) is 3.27. The third-order valence-electron chi connectivity index (χ3n) is 5.88. The number of carbonyl (C=O) groups is 2. The lowest BCUT2D eigenvalue weighted by atomic mass is 9.79. The highest BCUT2D eigenvalue weighted by Gasteiger charge is 2.47. The van der Waals surface area contributed by atoms with Crippen LogP contribution in [0.4, 0.5) is 0 Å². The third kappa shape index (κ3) is 3.61. The van der Waals surface area contributed by atoms with E-state index in [2.05, 4.69) is 41.7 Å². The molecule has 0 radical (unpaired) electrons. The Morgan fingerprint density at radius 2 is 1.81 bits per heavy atom. The van der Waals surface area contributed by atoms with E-state index in [1.165, 1.54) is 5.56 Å². The lowest BCUT2D eigenvalue weighted by Gasteiger charge is -2.28. The van der Waals surface area contributed by atoms with Crippen molar-refractivity contribution in [3.63, 3.8) is 0 Å². The average Bonchev–Trinajstić information content (AvgIpc) is 3.48. The fourth-order valence-electron chi connectivity index (χ4n) is 4.21.